The number of hydrogen-bond donors (Lipinski definition) is 1. The van der Waals surface area contributed by atoms with Gasteiger partial charge in [-0.15, -0.1) is 11.8 Å². The van der Waals surface area contributed by atoms with Gasteiger partial charge in [0.15, 0.2) is 0 Å². The molecule has 0 radical (unpaired) electrons. The van der Waals surface area contributed by atoms with E-state index in [1.165, 1.54) is 12.2 Å². The quantitative estimate of drug-likeness (QED) is 0.505. The van der Waals surface area contributed by atoms with Crippen LogP contribution in [-0.2, 0) is 0 Å². The summed E-state index contributed by atoms with van der Waals surface area (Å²) >= 11 is 1.92. The minimum atomic E-state index is 0.263. The minimum Gasteiger partial charge on any atom is -0.326 e. The Labute approximate surface area is 74.1 Å². The van der Waals surface area contributed by atoms with E-state index in [-0.39, 0.29) is 6.04 Å². The molecule has 0 rings (SSSR count). The van der Waals surface area contributed by atoms with Crippen LogP contribution in [0.25, 0.3) is 0 Å². The monoisotopic (exact) mass is 171 g/mol. The molecule has 0 aromatic heterocycles. The Bertz CT molecular complexity index is 134. The molecule has 11 heavy (non-hydrogen) atoms. The maximum Gasteiger partial charge on any atom is 0.0249 e. The first-order chi connectivity index (χ1) is 5.31. The van der Waals surface area contributed by atoms with Crippen molar-refractivity contribution >= 4 is 11.8 Å². The third-order valence-corrected chi connectivity index (χ3v) is 2.58. The van der Waals surface area contributed by atoms with E-state index in [1.807, 2.05) is 18.7 Å². The summed E-state index contributed by atoms with van der Waals surface area (Å²) < 4.78 is 0. The molecule has 0 saturated carbocycles. The summed E-state index contributed by atoms with van der Waals surface area (Å²) in [5.74, 6) is 8.10. The van der Waals surface area contributed by atoms with E-state index in [0.29, 0.717) is 0 Å². The molecular formula is C9H17NS. The van der Waals surface area contributed by atoms with E-state index in [0.717, 1.165) is 12.2 Å². The molecule has 0 aromatic rings. The average molecular weight is 171 g/mol. The minimum absolute atomic E-state index is 0.263. The number of thioether (sulfide) groups is 1. The van der Waals surface area contributed by atoms with Crippen LogP contribution in [0.1, 0.15) is 26.7 Å². The maximum absolute atomic E-state index is 5.78. The van der Waals surface area contributed by atoms with E-state index in [4.69, 9.17) is 5.73 Å². The van der Waals surface area contributed by atoms with Crippen molar-refractivity contribution in [3.05, 3.63) is 0 Å². The molecule has 1 nitrogen and oxygen atoms in total. The van der Waals surface area contributed by atoms with Gasteiger partial charge in [0.25, 0.3) is 0 Å². The fourth-order valence-corrected chi connectivity index (χ4v) is 1.55. The Morgan fingerprint density at radius 2 is 2.27 bits per heavy atom. The van der Waals surface area contributed by atoms with Crippen LogP contribution in [-0.4, -0.2) is 17.5 Å². The van der Waals surface area contributed by atoms with E-state index in [1.54, 1.807) is 0 Å². The molecule has 0 saturated heterocycles. The number of hydrogen-bond acceptors (Lipinski definition) is 2. The van der Waals surface area contributed by atoms with Gasteiger partial charge >= 0.3 is 0 Å². The number of rotatable bonds is 5. The van der Waals surface area contributed by atoms with Gasteiger partial charge in [-0.05, 0) is 19.1 Å². The van der Waals surface area contributed by atoms with Crippen LogP contribution in [0.15, 0.2) is 0 Å². The third-order valence-electron chi connectivity index (χ3n) is 1.22. The summed E-state index contributed by atoms with van der Waals surface area (Å²) in [4.78, 5) is 0. The highest BCUT2D eigenvalue weighted by atomic mass is 32.2. The molecule has 0 spiro atoms. The smallest absolute Gasteiger partial charge is 0.0249 e. The summed E-state index contributed by atoms with van der Waals surface area (Å²) in [6, 6.07) is 0.263. The Hall–Kier alpha value is -0.130. The zero-order valence-electron chi connectivity index (χ0n) is 7.39. The molecule has 0 aliphatic carbocycles. The second-order valence-corrected chi connectivity index (χ2v) is 3.62. The van der Waals surface area contributed by atoms with E-state index in [9.17, 15) is 0 Å². The van der Waals surface area contributed by atoms with Crippen LogP contribution < -0.4 is 5.73 Å². The normalized spacial score (nSPS) is 11.9. The van der Waals surface area contributed by atoms with Crippen LogP contribution in [0.5, 0.6) is 0 Å². The van der Waals surface area contributed by atoms with E-state index < -0.39 is 0 Å². The van der Waals surface area contributed by atoms with E-state index >= 15 is 0 Å². The average Bonchev–Trinajstić information content (AvgIpc) is 2.01. The lowest BCUT2D eigenvalue weighted by atomic mass is 10.2. The molecule has 1 unspecified atom stereocenters. The molecule has 0 fully saturated rings. The largest absolute Gasteiger partial charge is 0.326 e. The Kier molecular flexibility index (Phi) is 7.88. The molecule has 2 N–H and O–H groups in total. The summed E-state index contributed by atoms with van der Waals surface area (Å²) in [6.45, 7) is 4.04. The molecular weight excluding hydrogens is 154 g/mol. The zero-order valence-corrected chi connectivity index (χ0v) is 8.21. The SMILES string of the molecule is CC#CCC(N)CSCCC. The first-order valence-electron chi connectivity index (χ1n) is 4.04. The van der Waals surface area contributed by atoms with Gasteiger partial charge in [0.1, 0.15) is 0 Å². The predicted molar refractivity (Wildman–Crippen MR) is 53.7 cm³/mol. The van der Waals surface area contributed by atoms with Crippen molar-refractivity contribution in [2.75, 3.05) is 11.5 Å². The highest BCUT2D eigenvalue weighted by Gasteiger charge is 1.98. The summed E-state index contributed by atoms with van der Waals surface area (Å²) in [5.41, 5.74) is 5.78. The highest BCUT2D eigenvalue weighted by molar-refractivity contribution is 7.99. The topological polar surface area (TPSA) is 26.0 Å². The van der Waals surface area contributed by atoms with Crippen molar-refractivity contribution in [3.8, 4) is 11.8 Å². The molecule has 0 aliphatic heterocycles. The summed E-state index contributed by atoms with van der Waals surface area (Å²) in [7, 11) is 0. The lowest BCUT2D eigenvalue weighted by Crippen LogP contribution is -2.22. The van der Waals surface area contributed by atoms with Crippen LogP contribution in [0.3, 0.4) is 0 Å². The van der Waals surface area contributed by atoms with Crippen molar-refractivity contribution in [2.24, 2.45) is 5.73 Å². The van der Waals surface area contributed by atoms with Crippen LogP contribution in [0, 0.1) is 11.8 Å². The Morgan fingerprint density at radius 3 is 2.82 bits per heavy atom. The fourth-order valence-electron chi connectivity index (χ4n) is 0.671. The van der Waals surface area contributed by atoms with Crippen molar-refractivity contribution in [1.82, 2.24) is 0 Å². The second-order valence-electron chi connectivity index (χ2n) is 2.47. The molecule has 0 bridgehead atoms. The van der Waals surface area contributed by atoms with Gasteiger partial charge in [-0.2, -0.15) is 11.8 Å². The first kappa shape index (κ1) is 10.9. The Morgan fingerprint density at radius 1 is 1.55 bits per heavy atom. The van der Waals surface area contributed by atoms with Crippen LogP contribution >= 0.6 is 11.8 Å². The summed E-state index contributed by atoms with van der Waals surface area (Å²) in [5, 5.41) is 0. The summed E-state index contributed by atoms with van der Waals surface area (Å²) in [6.07, 6.45) is 2.07. The Balaban J connectivity index is 3.19. The zero-order chi connectivity index (χ0) is 8.53. The van der Waals surface area contributed by atoms with E-state index in [2.05, 4.69) is 18.8 Å². The van der Waals surface area contributed by atoms with Gasteiger partial charge in [-0.3, -0.25) is 0 Å². The van der Waals surface area contributed by atoms with Crippen LogP contribution in [0.4, 0.5) is 0 Å². The highest BCUT2D eigenvalue weighted by Crippen LogP contribution is 2.04. The molecule has 0 amide bonds. The lowest BCUT2D eigenvalue weighted by Gasteiger charge is -2.05. The molecule has 1 atom stereocenters. The van der Waals surface area contributed by atoms with Crippen molar-refractivity contribution < 1.29 is 0 Å². The maximum atomic E-state index is 5.78. The molecule has 0 heterocycles. The van der Waals surface area contributed by atoms with Gasteiger partial charge < -0.3 is 5.73 Å². The van der Waals surface area contributed by atoms with Crippen molar-refractivity contribution in [1.29, 1.82) is 0 Å². The van der Waals surface area contributed by atoms with Gasteiger partial charge in [0, 0.05) is 18.2 Å². The van der Waals surface area contributed by atoms with Gasteiger partial charge in [-0.1, -0.05) is 6.92 Å². The fraction of sp³-hybridized carbons (Fsp3) is 0.778. The molecule has 0 aliphatic rings. The van der Waals surface area contributed by atoms with Gasteiger partial charge in [0.2, 0.25) is 0 Å². The lowest BCUT2D eigenvalue weighted by molar-refractivity contribution is 0.781. The van der Waals surface area contributed by atoms with Gasteiger partial charge in [-0.25, -0.2) is 0 Å². The van der Waals surface area contributed by atoms with Crippen molar-refractivity contribution in [3.63, 3.8) is 0 Å². The molecule has 64 valence electrons. The van der Waals surface area contributed by atoms with Gasteiger partial charge in [0.05, 0.1) is 0 Å². The first-order valence-corrected chi connectivity index (χ1v) is 5.19. The second kappa shape index (κ2) is 7.97. The molecule has 0 aromatic carbocycles. The van der Waals surface area contributed by atoms with Crippen LogP contribution in [0.2, 0.25) is 0 Å². The standard InChI is InChI=1S/C9H17NS/c1-3-5-6-9(10)8-11-7-4-2/h9H,4,6-8,10H2,1-2H3. The third kappa shape index (κ3) is 7.77. The number of nitrogens with two attached hydrogens (primary N) is 1. The van der Waals surface area contributed by atoms with Crippen molar-refractivity contribution in [2.45, 2.75) is 32.7 Å². The molecule has 2 heteroatoms. The predicted octanol–water partition coefficient (Wildman–Crippen LogP) is 1.87.